The molecule has 0 saturated carbocycles. The maximum atomic E-state index is 5.71. The highest BCUT2D eigenvalue weighted by Gasteiger charge is 2.35. The van der Waals surface area contributed by atoms with Gasteiger partial charge in [0.1, 0.15) is 5.75 Å². The van der Waals surface area contributed by atoms with Gasteiger partial charge in [0.05, 0.1) is 26.4 Å². The lowest BCUT2D eigenvalue weighted by Gasteiger charge is -2.40. The number of guanidine groups is 1. The molecule has 3 rings (SSSR count). The first-order valence-corrected chi connectivity index (χ1v) is 12.2. The summed E-state index contributed by atoms with van der Waals surface area (Å²) in [6, 6.07) is 8.59. The summed E-state index contributed by atoms with van der Waals surface area (Å²) in [5.74, 6) is 1.80. The van der Waals surface area contributed by atoms with Gasteiger partial charge in [-0.1, -0.05) is 12.1 Å². The van der Waals surface area contributed by atoms with E-state index in [0.717, 1.165) is 83.7 Å². The highest BCUT2D eigenvalue weighted by atomic mass is 127. The minimum Gasteiger partial charge on any atom is -0.494 e. The molecule has 0 aliphatic carbocycles. The van der Waals surface area contributed by atoms with Crippen molar-refractivity contribution in [1.29, 1.82) is 0 Å². The number of rotatable bonds is 9. The first-order valence-electron chi connectivity index (χ1n) is 12.2. The number of hydrogen-bond acceptors (Lipinski definition) is 5. The predicted octanol–water partition coefficient (Wildman–Crippen LogP) is 3.42. The molecular formula is C25H43IN4O3. The number of nitrogens with one attached hydrogen (secondary N) is 2. The average molecular weight is 575 g/mol. The van der Waals surface area contributed by atoms with Crippen molar-refractivity contribution in [3.8, 4) is 5.75 Å². The minimum absolute atomic E-state index is 0. The third kappa shape index (κ3) is 7.97. The summed E-state index contributed by atoms with van der Waals surface area (Å²) in [5.41, 5.74) is 1.36. The van der Waals surface area contributed by atoms with Crippen LogP contribution in [0.4, 0.5) is 0 Å². The van der Waals surface area contributed by atoms with Gasteiger partial charge >= 0.3 is 0 Å². The van der Waals surface area contributed by atoms with Crippen LogP contribution >= 0.6 is 24.0 Å². The Hall–Kier alpha value is -1.10. The van der Waals surface area contributed by atoms with Gasteiger partial charge in [-0.25, -0.2) is 0 Å². The van der Waals surface area contributed by atoms with Crippen LogP contribution in [0, 0.1) is 0 Å². The summed E-state index contributed by atoms with van der Waals surface area (Å²) in [6.07, 6.45) is 1.99. The van der Waals surface area contributed by atoms with Crippen LogP contribution in [0.5, 0.6) is 5.75 Å². The molecule has 188 valence electrons. The number of benzene rings is 1. The van der Waals surface area contributed by atoms with Gasteiger partial charge < -0.3 is 24.8 Å². The zero-order valence-electron chi connectivity index (χ0n) is 20.8. The van der Waals surface area contributed by atoms with Gasteiger partial charge in [-0.05, 0) is 58.2 Å². The van der Waals surface area contributed by atoms with Crippen LogP contribution in [0.15, 0.2) is 29.3 Å². The smallest absolute Gasteiger partial charge is 0.191 e. The molecule has 1 aromatic rings. The zero-order valence-corrected chi connectivity index (χ0v) is 23.2. The SMILES string of the molecule is CCNC(=NCC(C)(C)N1CCOCC1)NCC1(c2ccc(OCC)cc2)CCOCC1.I. The van der Waals surface area contributed by atoms with Crippen molar-refractivity contribution in [3.05, 3.63) is 29.8 Å². The van der Waals surface area contributed by atoms with Gasteiger partial charge in [-0.15, -0.1) is 24.0 Å². The van der Waals surface area contributed by atoms with Crippen molar-refractivity contribution < 1.29 is 14.2 Å². The van der Waals surface area contributed by atoms with Gasteiger partial charge in [-0.2, -0.15) is 0 Å². The highest BCUT2D eigenvalue weighted by molar-refractivity contribution is 14.0. The van der Waals surface area contributed by atoms with Gasteiger partial charge in [0.15, 0.2) is 5.96 Å². The van der Waals surface area contributed by atoms with E-state index < -0.39 is 0 Å². The van der Waals surface area contributed by atoms with E-state index in [2.05, 4.69) is 60.6 Å². The molecule has 1 aromatic carbocycles. The summed E-state index contributed by atoms with van der Waals surface area (Å²) in [6.45, 7) is 16.9. The van der Waals surface area contributed by atoms with Crippen LogP contribution in [0.1, 0.15) is 46.1 Å². The quantitative estimate of drug-likeness (QED) is 0.268. The number of aliphatic imine (C=N–C) groups is 1. The van der Waals surface area contributed by atoms with Gasteiger partial charge in [0, 0.05) is 50.3 Å². The Bertz CT molecular complexity index is 715. The van der Waals surface area contributed by atoms with E-state index in [4.69, 9.17) is 19.2 Å². The number of nitrogens with zero attached hydrogens (tertiary/aromatic N) is 2. The molecule has 33 heavy (non-hydrogen) atoms. The molecule has 0 bridgehead atoms. The van der Waals surface area contributed by atoms with E-state index in [9.17, 15) is 0 Å². The molecule has 2 saturated heterocycles. The van der Waals surface area contributed by atoms with Crippen LogP contribution in [0.25, 0.3) is 0 Å². The van der Waals surface area contributed by atoms with Crippen LogP contribution in [-0.2, 0) is 14.9 Å². The summed E-state index contributed by atoms with van der Waals surface area (Å²) in [5, 5.41) is 7.09. The molecule has 0 aromatic heterocycles. The number of hydrogen-bond donors (Lipinski definition) is 2. The third-order valence-electron chi connectivity index (χ3n) is 6.66. The van der Waals surface area contributed by atoms with Gasteiger partial charge in [-0.3, -0.25) is 9.89 Å². The van der Waals surface area contributed by atoms with Crippen LogP contribution in [0.2, 0.25) is 0 Å². The molecular weight excluding hydrogens is 531 g/mol. The lowest BCUT2D eigenvalue weighted by Crippen LogP contribution is -2.52. The van der Waals surface area contributed by atoms with Crippen molar-refractivity contribution in [3.63, 3.8) is 0 Å². The summed E-state index contributed by atoms with van der Waals surface area (Å²) in [4.78, 5) is 7.44. The van der Waals surface area contributed by atoms with Gasteiger partial charge in [0.2, 0.25) is 0 Å². The lowest BCUT2D eigenvalue weighted by molar-refractivity contribution is -0.00684. The topological polar surface area (TPSA) is 67.4 Å². The fourth-order valence-corrected chi connectivity index (χ4v) is 4.54. The second kappa shape index (κ2) is 13.7. The monoisotopic (exact) mass is 574 g/mol. The standard InChI is InChI=1S/C25H42N4O3.HI/c1-5-26-23(27-19-24(3,4)29-13-17-31-18-14-29)28-20-25(11-15-30-16-12-25)21-7-9-22(10-8-21)32-6-2;/h7-10H,5-6,11-20H2,1-4H3,(H2,26,27,28);1H. The van der Waals surface area contributed by atoms with Crippen molar-refractivity contribution in [2.45, 2.75) is 51.5 Å². The number of morpholine rings is 1. The second-order valence-corrected chi connectivity index (χ2v) is 9.31. The van der Waals surface area contributed by atoms with Gasteiger partial charge in [0.25, 0.3) is 0 Å². The fourth-order valence-electron chi connectivity index (χ4n) is 4.54. The molecule has 0 radical (unpaired) electrons. The summed E-state index contributed by atoms with van der Waals surface area (Å²) < 4.78 is 16.9. The molecule has 0 amide bonds. The first kappa shape index (κ1) is 28.1. The lowest BCUT2D eigenvalue weighted by atomic mass is 9.74. The van der Waals surface area contributed by atoms with E-state index >= 15 is 0 Å². The normalized spacial score (nSPS) is 19.5. The maximum absolute atomic E-state index is 5.71. The molecule has 2 fully saturated rings. The highest BCUT2D eigenvalue weighted by Crippen LogP contribution is 2.35. The molecule has 2 heterocycles. The third-order valence-corrected chi connectivity index (χ3v) is 6.66. The van der Waals surface area contributed by atoms with Crippen molar-refractivity contribution in [2.75, 3.05) is 65.8 Å². The Morgan fingerprint density at radius 1 is 1.03 bits per heavy atom. The summed E-state index contributed by atoms with van der Waals surface area (Å²) in [7, 11) is 0. The fraction of sp³-hybridized carbons (Fsp3) is 0.720. The summed E-state index contributed by atoms with van der Waals surface area (Å²) >= 11 is 0. The van der Waals surface area contributed by atoms with E-state index in [1.54, 1.807) is 0 Å². The van der Waals surface area contributed by atoms with E-state index in [1.807, 2.05) is 6.92 Å². The predicted molar refractivity (Wildman–Crippen MR) is 145 cm³/mol. The molecule has 8 heteroatoms. The van der Waals surface area contributed by atoms with Crippen LogP contribution in [0.3, 0.4) is 0 Å². The van der Waals surface area contributed by atoms with E-state index in [1.165, 1.54) is 5.56 Å². The van der Waals surface area contributed by atoms with E-state index in [-0.39, 0.29) is 34.9 Å². The van der Waals surface area contributed by atoms with Crippen LogP contribution in [-0.4, -0.2) is 82.2 Å². The first-order chi connectivity index (χ1) is 15.5. The number of halogens is 1. The minimum atomic E-state index is -0.00238. The molecule has 0 unspecified atom stereocenters. The largest absolute Gasteiger partial charge is 0.494 e. The molecule has 0 spiro atoms. The van der Waals surface area contributed by atoms with Crippen LogP contribution < -0.4 is 15.4 Å². The average Bonchev–Trinajstić information content (AvgIpc) is 2.83. The van der Waals surface area contributed by atoms with E-state index in [0.29, 0.717) is 6.61 Å². The molecule has 2 aliphatic rings. The Labute approximate surface area is 217 Å². The number of ether oxygens (including phenoxy) is 3. The van der Waals surface area contributed by atoms with Crippen molar-refractivity contribution >= 4 is 29.9 Å². The Kier molecular flexibility index (Phi) is 11.7. The second-order valence-electron chi connectivity index (χ2n) is 9.31. The maximum Gasteiger partial charge on any atom is 0.191 e. The van der Waals surface area contributed by atoms with Crippen molar-refractivity contribution in [1.82, 2.24) is 15.5 Å². The molecule has 7 nitrogen and oxygen atoms in total. The Morgan fingerprint density at radius 2 is 1.67 bits per heavy atom. The molecule has 0 atom stereocenters. The molecule has 2 aliphatic heterocycles. The Morgan fingerprint density at radius 3 is 2.27 bits per heavy atom. The van der Waals surface area contributed by atoms with Crippen molar-refractivity contribution in [2.24, 2.45) is 4.99 Å². The zero-order chi connectivity index (χ0) is 22.9. The molecule has 2 N–H and O–H groups in total. The Balaban J connectivity index is 0.00000385.